The Bertz CT molecular complexity index is 767. The van der Waals surface area contributed by atoms with Crippen LogP contribution in [0.2, 0.25) is 0 Å². The van der Waals surface area contributed by atoms with Crippen molar-refractivity contribution in [3.05, 3.63) is 24.0 Å². The molecule has 0 saturated carbocycles. The van der Waals surface area contributed by atoms with Crippen LogP contribution in [-0.2, 0) is 20.0 Å². The fraction of sp³-hybridized carbons (Fsp3) is 0.333. The van der Waals surface area contributed by atoms with E-state index in [-0.39, 0.29) is 6.42 Å². The monoisotopic (exact) mass is 334 g/mol. The number of rotatable bonds is 6. The highest BCUT2D eigenvalue weighted by atomic mass is 32.2. The third kappa shape index (κ3) is 4.50. The van der Waals surface area contributed by atoms with Crippen molar-refractivity contribution in [1.82, 2.24) is 4.72 Å². The summed E-state index contributed by atoms with van der Waals surface area (Å²) in [6, 6.07) is 1.80. The van der Waals surface area contributed by atoms with Crippen LogP contribution < -0.4 is 9.86 Å². The number of hydrogen-bond acceptors (Lipinski definition) is 4. The van der Waals surface area contributed by atoms with Crippen molar-refractivity contribution in [1.29, 1.82) is 0 Å². The van der Waals surface area contributed by atoms with Crippen LogP contribution in [0.4, 0.5) is 4.39 Å². The number of benzene rings is 1. The lowest BCUT2D eigenvalue weighted by Crippen LogP contribution is -2.34. The maximum Gasteiger partial charge on any atom is 0.243 e. The second-order valence-electron chi connectivity index (χ2n) is 4.27. The van der Waals surface area contributed by atoms with E-state index in [2.05, 4.69) is 10.6 Å². The second kappa shape index (κ2) is 6.53. The molecule has 9 heteroatoms. The SMILES string of the molecule is C#CCC(CC)NS(=O)(=O)c1ccc(S(N)(=O)=O)cc1F. The molecule has 0 aliphatic carbocycles. The van der Waals surface area contributed by atoms with Crippen molar-refractivity contribution >= 4 is 20.0 Å². The normalized spacial score (nSPS) is 13.6. The van der Waals surface area contributed by atoms with Gasteiger partial charge in [0.2, 0.25) is 20.0 Å². The highest BCUT2D eigenvalue weighted by Crippen LogP contribution is 2.19. The van der Waals surface area contributed by atoms with Crippen molar-refractivity contribution in [2.45, 2.75) is 35.6 Å². The maximum atomic E-state index is 13.8. The van der Waals surface area contributed by atoms with Gasteiger partial charge >= 0.3 is 0 Å². The zero-order chi connectivity index (χ0) is 16.3. The molecule has 0 aliphatic rings. The summed E-state index contributed by atoms with van der Waals surface area (Å²) in [6.45, 7) is 1.73. The molecule has 1 aromatic carbocycles. The van der Waals surface area contributed by atoms with Crippen LogP contribution in [0.5, 0.6) is 0 Å². The number of primary sulfonamides is 1. The average Bonchev–Trinajstić information content (AvgIpc) is 2.36. The van der Waals surface area contributed by atoms with Crippen LogP contribution in [0, 0.1) is 18.2 Å². The standard InChI is InChI=1S/C12H15FN2O4S2/c1-3-5-9(4-2)15-21(18,19)12-7-6-10(8-11(12)13)20(14,16)17/h1,6-9,15H,4-5H2,2H3,(H2,14,16,17). The molecule has 0 saturated heterocycles. The van der Waals surface area contributed by atoms with E-state index in [9.17, 15) is 21.2 Å². The first-order valence-corrected chi connectivity index (χ1v) is 8.93. The van der Waals surface area contributed by atoms with Gasteiger partial charge in [0.15, 0.2) is 0 Å². The number of sulfonamides is 2. The second-order valence-corrected chi connectivity index (χ2v) is 7.52. The predicted molar refractivity (Wildman–Crippen MR) is 75.6 cm³/mol. The van der Waals surface area contributed by atoms with Gasteiger partial charge in [-0.15, -0.1) is 12.3 Å². The van der Waals surface area contributed by atoms with Gasteiger partial charge in [-0.2, -0.15) is 0 Å². The van der Waals surface area contributed by atoms with Gasteiger partial charge in [0.05, 0.1) is 4.90 Å². The molecule has 0 radical (unpaired) electrons. The highest BCUT2D eigenvalue weighted by Gasteiger charge is 2.23. The Morgan fingerprint density at radius 3 is 2.43 bits per heavy atom. The summed E-state index contributed by atoms with van der Waals surface area (Å²) in [7, 11) is -8.25. The molecule has 0 heterocycles. The minimum absolute atomic E-state index is 0.159. The van der Waals surface area contributed by atoms with Crippen LogP contribution in [0.3, 0.4) is 0 Å². The minimum Gasteiger partial charge on any atom is -0.225 e. The Hall–Kier alpha value is -1.47. The molecule has 6 nitrogen and oxygen atoms in total. The molecule has 21 heavy (non-hydrogen) atoms. The van der Waals surface area contributed by atoms with Gasteiger partial charge in [-0.25, -0.2) is 31.1 Å². The van der Waals surface area contributed by atoms with Gasteiger partial charge in [-0.1, -0.05) is 6.92 Å². The first-order valence-electron chi connectivity index (χ1n) is 5.90. The topological polar surface area (TPSA) is 106 Å². The maximum absolute atomic E-state index is 13.8. The summed E-state index contributed by atoms with van der Waals surface area (Å²) in [5.74, 6) is 1.12. The van der Waals surface area contributed by atoms with Crippen molar-refractivity contribution in [3.8, 4) is 12.3 Å². The van der Waals surface area contributed by atoms with E-state index in [1.807, 2.05) is 0 Å². The van der Waals surface area contributed by atoms with Crippen molar-refractivity contribution in [2.24, 2.45) is 5.14 Å². The van der Waals surface area contributed by atoms with E-state index in [1.165, 1.54) is 0 Å². The van der Waals surface area contributed by atoms with Crippen LogP contribution in [0.1, 0.15) is 19.8 Å². The molecular weight excluding hydrogens is 319 g/mol. The lowest BCUT2D eigenvalue weighted by atomic mass is 10.2. The van der Waals surface area contributed by atoms with E-state index >= 15 is 0 Å². The number of halogens is 1. The summed E-state index contributed by atoms with van der Waals surface area (Å²) in [5, 5.41) is 4.84. The molecule has 1 aromatic rings. The Morgan fingerprint density at radius 1 is 1.38 bits per heavy atom. The highest BCUT2D eigenvalue weighted by molar-refractivity contribution is 7.89. The number of nitrogens with one attached hydrogen (secondary N) is 1. The lowest BCUT2D eigenvalue weighted by Gasteiger charge is -2.15. The number of terminal acetylenes is 1. The van der Waals surface area contributed by atoms with Crippen LogP contribution >= 0.6 is 0 Å². The zero-order valence-corrected chi connectivity index (χ0v) is 12.8. The summed E-state index contributed by atoms with van der Waals surface area (Å²) in [4.78, 5) is -1.17. The number of hydrogen-bond donors (Lipinski definition) is 2. The number of nitrogens with two attached hydrogens (primary N) is 1. The predicted octanol–water partition coefficient (Wildman–Crippen LogP) is 0.553. The van der Waals surface area contributed by atoms with E-state index in [0.29, 0.717) is 12.5 Å². The summed E-state index contributed by atoms with van der Waals surface area (Å²) < 4.78 is 62.4. The van der Waals surface area contributed by atoms with Crippen molar-refractivity contribution in [2.75, 3.05) is 0 Å². The fourth-order valence-electron chi connectivity index (χ4n) is 1.57. The first-order chi connectivity index (χ1) is 9.61. The lowest BCUT2D eigenvalue weighted by molar-refractivity contribution is 0.529. The Morgan fingerprint density at radius 2 is 2.00 bits per heavy atom. The van der Waals surface area contributed by atoms with Crippen molar-refractivity contribution in [3.63, 3.8) is 0 Å². The molecule has 3 N–H and O–H groups in total. The molecule has 1 unspecified atom stereocenters. The molecule has 0 spiro atoms. The molecule has 0 aromatic heterocycles. The van der Waals surface area contributed by atoms with Gasteiger partial charge in [-0.05, 0) is 24.6 Å². The summed E-state index contributed by atoms with van der Waals surface area (Å²) in [6.07, 6.45) is 5.71. The molecule has 0 amide bonds. The van der Waals surface area contributed by atoms with E-state index in [1.54, 1.807) is 6.92 Å². The van der Waals surface area contributed by atoms with Crippen LogP contribution in [0.25, 0.3) is 0 Å². The fourth-order valence-corrected chi connectivity index (χ4v) is 3.48. The van der Waals surface area contributed by atoms with Crippen LogP contribution in [-0.4, -0.2) is 22.9 Å². The van der Waals surface area contributed by atoms with Gasteiger partial charge in [0.25, 0.3) is 0 Å². The zero-order valence-electron chi connectivity index (χ0n) is 11.2. The van der Waals surface area contributed by atoms with E-state index in [0.717, 1.165) is 12.1 Å². The molecule has 116 valence electrons. The Kier molecular flexibility index (Phi) is 5.47. The Labute approximate surface area is 123 Å². The largest absolute Gasteiger partial charge is 0.243 e. The molecule has 0 bridgehead atoms. The van der Waals surface area contributed by atoms with E-state index < -0.39 is 41.7 Å². The summed E-state index contributed by atoms with van der Waals surface area (Å²) >= 11 is 0. The summed E-state index contributed by atoms with van der Waals surface area (Å²) in [5.41, 5.74) is 0. The molecule has 1 atom stereocenters. The quantitative estimate of drug-likeness (QED) is 0.741. The van der Waals surface area contributed by atoms with Gasteiger partial charge in [0, 0.05) is 12.5 Å². The average molecular weight is 334 g/mol. The van der Waals surface area contributed by atoms with Gasteiger partial charge < -0.3 is 0 Å². The third-order valence-electron chi connectivity index (χ3n) is 2.70. The molecular formula is C12H15FN2O4S2. The molecule has 0 fully saturated rings. The van der Waals surface area contributed by atoms with Crippen molar-refractivity contribution < 1.29 is 21.2 Å². The van der Waals surface area contributed by atoms with Crippen LogP contribution in [0.15, 0.2) is 28.0 Å². The van der Waals surface area contributed by atoms with Gasteiger partial charge in [0.1, 0.15) is 10.7 Å². The first kappa shape index (κ1) is 17.6. The molecule has 0 aliphatic heterocycles. The minimum atomic E-state index is -4.14. The Balaban J connectivity index is 3.19. The third-order valence-corrected chi connectivity index (χ3v) is 5.17. The smallest absolute Gasteiger partial charge is 0.225 e. The van der Waals surface area contributed by atoms with E-state index in [4.69, 9.17) is 11.6 Å². The molecule has 1 rings (SSSR count). The van der Waals surface area contributed by atoms with Gasteiger partial charge in [-0.3, -0.25) is 0 Å².